The Labute approximate surface area is 57.2 Å². The second-order valence-corrected chi connectivity index (χ2v) is 3.45. The summed E-state index contributed by atoms with van der Waals surface area (Å²) in [6.45, 7) is -0.544. The van der Waals surface area contributed by atoms with E-state index in [9.17, 15) is 8.96 Å². The smallest absolute Gasteiger partial charge is 0.303 e. The molecular formula is C4H7FO4P. The van der Waals surface area contributed by atoms with E-state index in [0.29, 0.717) is 0 Å². The summed E-state index contributed by atoms with van der Waals surface area (Å²) in [5, 5.41) is 0. The first-order valence-electron chi connectivity index (χ1n) is 2.65. The van der Waals surface area contributed by atoms with Gasteiger partial charge in [0.05, 0.1) is 6.61 Å². The molecule has 1 atom stereocenters. The summed E-state index contributed by atoms with van der Waals surface area (Å²) in [5.74, 6) is 0. The lowest BCUT2D eigenvalue weighted by Crippen LogP contribution is -2.09. The lowest BCUT2D eigenvalue weighted by Gasteiger charge is -2.06. The van der Waals surface area contributed by atoms with Crippen molar-refractivity contribution >= 4 is 7.82 Å². The summed E-state index contributed by atoms with van der Waals surface area (Å²) in [4.78, 5) is 16.2. The van der Waals surface area contributed by atoms with Gasteiger partial charge in [-0.25, -0.2) is 8.96 Å². The number of phosphoric ester groups is 1. The van der Waals surface area contributed by atoms with Crippen molar-refractivity contribution < 1.29 is 23.3 Å². The fourth-order valence-corrected chi connectivity index (χ4v) is 0.803. The van der Waals surface area contributed by atoms with Crippen LogP contribution in [0.4, 0.5) is 4.39 Å². The average Bonchev–Trinajstić information content (AvgIpc) is 2.43. The molecule has 1 radical (unpaired) electrons. The molecule has 0 spiro atoms. The Morgan fingerprint density at radius 1 is 1.80 bits per heavy atom. The highest BCUT2D eigenvalue weighted by atomic mass is 31.2. The Kier molecular flexibility index (Phi) is 1.85. The molecule has 0 bridgehead atoms. The minimum Gasteiger partial charge on any atom is -0.303 e. The van der Waals surface area contributed by atoms with E-state index in [4.69, 9.17) is 9.79 Å². The molecule has 0 aromatic heterocycles. The van der Waals surface area contributed by atoms with E-state index < -0.39 is 20.1 Å². The molecule has 59 valence electrons. The summed E-state index contributed by atoms with van der Waals surface area (Å²) in [7, 11) is -4.48. The third kappa shape index (κ3) is 2.75. The maximum atomic E-state index is 12.5. The number of rotatable bonds is 3. The van der Waals surface area contributed by atoms with Gasteiger partial charge in [-0.3, -0.25) is 4.52 Å². The van der Waals surface area contributed by atoms with Gasteiger partial charge in [0.2, 0.25) is 0 Å². The van der Waals surface area contributed by atoms with E-state index in [0.717, 1.165) is 0 Å². The van der Waals surface area contributed by atoms with Crippen LogP contribution in [-0.2, 0) is 9.09 Å². The van der Waals surface area contributed by atoms with Crippen LogP contribution in [-0.4, -0.2) is 22.1 Å². The molecule has 1 aliphatic rings. The predicted molar refractivity (Wildman–Crippen MR) is 30.8 cm³/mol. The van der Waals surface area contributed by atoms with Crippen LogP contribution < -0.4 is 0 Å². The van der Waals surface area contributed by atoms with Crippen LogP contribution in [0, 0.1) is 6.42 Å². The van der Waals surface area contributed by atoms with Crippen molar-refractivity contribution in [2.75, 3.05) is 6.61 Å². The van der Waals surface area contributed by atoms with Gasteiger partial charge in [-0.1, -0.05) is 0 Å². The summed E-state index contributed by atoms with van der Waals surface area (Å²) in [6.07, 6.45) is 1.51. The predicted octanol–water partition coefficient (Wildman–Crippen LogP) is 0.412. The Morgan fingerprint density at radius 3 is 2.60 bits per heavy atom. The summed E-state index contributed by atoms with van der Waals surface area (Å²) < 4.78 is 26.4. The van der Waals surface area contributed by atoms with Crippen LogP contribution in [0.1, 0.15) is 6.42 Å². The normalized spacial score (nSPS) is 22.7. The molecule has 0 amide bonds. The van der Waals surface area contributed by atoms with Gasteiger partial charge >= 0.3 is 7.82 Å². The Morgan fingerprint density at radius 2 is 2.30 bits per heavy atom. The number of alkyl halides is 1. The summed E-state index contributed by atoms with van der Waals surface area (Å²) in [5.41, 5.74) is -1.58. The van der Waals surface area contributed by atoms with Crippen molar-refractivity contribution in [1.82, 2.24) is 0 Å². The van der Waals surface area contributed by atoms with Crippen LogP contribution in [0.2, 0.25) is 0 Å². The van der Waals surface area contributed by atoms with Crippen molar-refractivity contribution in [1.29, 1.82) is 0 Å². The topological polar surface area (TPSA) is 66.8 Å². The maximum Gasteiger partial charge on any atom is 0.469 e. The molecule has 0 aromatic rings. The van der Waals surface area contributed by atoms with Gasteiger partial charge in [-0.15, -0.1) is 0 Å². The first-order chi connectivity index (χ1) is 4.41. The van der Waals surface area contributed by atoms with Crippen LogP contribution in [0.25, 0.3) is 0 Å². The molecule has 10 heavy (non-hydrogen) atoms. The SMILES string of the molecule is O=P(O)(O)OC[C@]1(F)[CH]C1. The summed E-state index contributed by atoms with van der Waals surface area (Å²) >= 11 is 0. The number of halogens is 1. The van der Waals surface area contributed by atoms with Gasteiger partial charge in [0.25, 0.3) is 0 Å². The van der Waals surface area contributed by atoms with Crippen molar-refractivity contribution in [3.63, 3.8) is 0 Å². The number of hydrogen-bond acceptors (Lipinski definition) is 2. The Balaban J connectivity index is 2.23. The van der Waals surface area contributed by atoms with Crippen LogP contribution >= 0.6 is 7.82 Å². The highest BCUT2D eigenvalue weighted by Crippen LogP contribution is 2.44. The van der Waals surface area contributed by atoms with E-state index in [1.54, 1.807) is 0 Å². The lowest BCUT2D eigenvalue weighted by molar-refractivity contribution is 0.137. The quantitative estimate of drug-likeness (QED) is 0.600. The maximum absolute atomic E-state index is 12.5. The largest absolute Gasteiger partial charge is 0.469 e. The molecule has 0 saturated heterocycles. The standard InChI is InChI=1S/C4H7FO4P/c5-4(1-2-4)3-9-10(6,7)8/h1H,2-3H2,(H2,6,7,8)/t4-/m0/s1. The van der Waals surface area contributed by atoms with Gasteiger partial charge in [0.15, 0.2) is 0 Å². The van der Waals surface area contributed by atoms with Gasteiger partial charge in [-0.2, -0.15) is 0 Å². The third-order valence-electron chi connectivity index (χ3n) is 1.12. The molecule has 2 N–H and O–H groups in total. The minimum absolute atomic E-state index is 0.215. The highest BCUT2D eigenvalue weighted by Gasteiger charge is 2.45. The molecule has 1 aliphatic carbocycles. The molecule has 1 rings (SSSR count). The fraction of sp³-hybridized carbons (Fsp3) is 0.750. The average molecular weight is 169 g/mol. The molecule has 6 heteroatoms. The van der Waals surface area contributed by atoms with Crippen LogP contribution in [0.15, 0.2) is 0 Å². The van der Waals surface area contributed by atoms with Crippen LogP contribution in [0.5, 0.6) is 0 Å². The van der Waals surface area contributed by atoms with Gasteiger partial charge < -0.3 is 9.79 Å². The minimum atomic E-state index is -4.48. The monoisotopic (exact) mass is 169 g/mol. The molecule has 1 fully saturated rings. The van der Waals surface area contributed by atoms with Gasteiger partial charge in [-0.05, 0) is 6.42 Å². The Hall–Kier alpha value is 0.0400. The third-order valence-corrected chi connectivity index (χ3v) is 1.59. The number of phosphoric acid groups is 1. The van der Waals surface area contributed by atoms with E-state index >= 15 is 0 Å². The van der Waals surface area contributed by atoms with Crippen molar-refractivity contribution in [3.05, 3.63) is 6.42 Å². The Bertz CT molecular complexity index is 172. The van der Waals surface area contributed by atoms with E-state index in [1.165, 1.54) is 6.42 Å². The zero-order valence-electron chi connectivity index (χ0n) is 5.03. The molecule has 4 nitrogen and oxygen atoms in total. The summed E-state index contributed by atoms with van der Waals surface area (Å²) in [6, 6.07) is 0. The zero-order chi connectivity index (χ0) is 7.83. The first kappa shape index (κ1) is 8.14. The van der Waals surface area contributed by atoms with Gasteiger partial charge in [0, 0.05) is 6.42 Å². The van der Waals surface area contributed by atoms with E-state index in [-0.39, 0.29) is 6.42 Å². The van der Waals surface area contributed by atoms with Crippen molar-refractivity contribution in [3.8, 4) is 0 Å². The lowest BCUT2D eigenvalue weighted by atomic mass is 10.4. The molecular weight excluding hydrogens is 162 g/mol. The number of hydrogen-bond donors (Lipinski definition) is 2. The van der Waals surface area contributed by atoms with E-state index in [1.807, 2.05) is 0 Å². The second kappa shape index (κ2) is 2.27. The van der Waals surface area contributed by atoms with E-state index in [2.05, 4.69) is 4.52 Å². The van der Waals surface area contributed by atoms with Crippen LogP contribution in [0.3, 0.4) is 0 Å². The molecule has 0 aromatic carbocycles. The molecule has 0 heterocycles. The zero-order valence-corrected chi connectivity index (χ0v) is 5.92. The highest BCUT2D eigenvalue weighted by molar-refractivity contribution is 7.46. The van der Waals surface area contributed by atoms with Crippen molar-refractivity contribution in [2.45, 2.75) is 12.1 Å². The second-order valence-electron chi connectivity index (χ2n) is 2.21. The molecule has 0 unspecified atom stereocenters. The van der Waals surface area contributed by atoms with Crippen molar-refractivity contribution in [2.24, 2.45) is 0 Å². The fourth-order valence-electron chi connectivity index (χ4n) is 0.420. The molecule has 0 aliphatic heterocycles. The molecule has 1 saturated carbocycles. The van der Waals surface area contributed by atoms with Gasteiger partial charge in [0.1, 0.15) is 5.67 Å². The first-order valence-corrected chi connectivity index (χ1v) is 4.18.